The smallest absolute Gasteiger partial charge is 0.242 e. The number of halogens is 2. The van der Waals surface area contributed by atoms with E-state index in [1.807, 2.05) is 19.1 Å². The van der Waals surface area contributed by atoms with Crippen LogP contribution >= 0.6 is 35.0 Å². The molecular formula is C22H26Cl2N2O2S. The molecule has 0 heterocycles. The average Bonchev–Trinajstić information content (AvgIpc) is 2.69. The lowest BCUT2D eigenvalue weighted by Crippen LogP contribution is -2.48. The fourth-order valence-electron chi connectivity index (χ4n) is 2.86. The highest BCUT2D eigenvalue weighted by molar-refractivity contribution is 7.99. The minimum Gasteiger partial charge on any atom is -0.355 e. The highest BCUT2D eigenvalue weighted by Crippen LogP contribution is 2.27. The second-order valence-electron chi connectivity index (χ2n) is 6.71. The Morgan fingerprint density at radius 3 is 2.38 bits per heavy atom. The molecule has 2 amide bonds. The van der Waals surface area contributed by atoms with Gasteiger partial charge in [-0.1, -0.05) is 53.5 Å². The van der Waals surface area contributed by atoms with Crippen molar-refractivity contribution in [3.63, 3.8) is 0 Å². The summed E-state index contributed by atoms with van der Waals surface area (Å²) < 4.78 is 0. The third-order valence-corrected chi connectivity index (χ3v) is 6.33. The number of hydrogen-bond acceptors (Lipinski definition) is 3. The second-order valence-corrected chi connectivity index (χ2v) is 8.51. The van der Waals surface area contributed by atoms with E-state index in [0.717, 1.165) is 5.75 Å². The molecule has 29 heavy (non-hydrogen) atoms. The van der Waals surface area contributed by atoms with E-state index in [0.29, 0.717) is 22.2 Å². The molecule has 156 valence electrons. The van der Waals surface area contributed by atoms with Gasteiger partial charge in [0.25, 0.3) is 0 Å². The van der Waals surface area contributed by atoms with Gasteiger partial charge in [0, 0.05) is 34.5 Å². The lowest BCUT2D eigenvalue weighted by molar-refractivity contribution is -0.138. The predicted octanol–water partition coefficient (Wildman–Crippen LogP) is 5.09. The molecule has 0 bridgehead atoms. The molecule has 0 saturated heterocycles. The van der Waals surface area contributed by atoms with E-state index in [1.165, 1.54) is 22.9 Å². The molecule has 7 heteroatoms. The van der Waals surface area contributed by atoms with Crippen molar-refractivity contribution in [1.82, 2.24) is 10.2 Å². The maximum Gasteiger partial charge on any atom is 0.242 e. The van der Waals surface area contributed by atoms with E-state index in [9.17, 15) is 9.59 Å². The Labute approximate surface area is 187 Å². The number of likely N-dealkylation sites (N-methyl/N-ethyl adjacent to an activating group) is 1. The zero-order chi connectivity index (χ0) is 21.4. The molecular weight excluding hydrogens is 427 g/mol. The van der Waals surface area contributed by atoms with E-state index in [2.05, 4.69) is 24.4 Å². The molecule has 4 nitrogen and oxygen atoms in total. The third kappa shape index (κ3) is 6.66. The summed E-state index contributed by atoms with van der Waals surface area (Å²) in [6, 6.07) is 12.7. The van der Waals surface area contributed by atoms with Crippen LogP contribution < -0.4 is 5.32 Å². The van der Waals surface area contributed by atoms with Crippen molar-refractivity contribution in [2.45, 2.75) is 39.1 Å². The van der Waals surface area contributed by atoms with Crippen molar-refractivity contribution in [3.05, 3.63) is 69.2 Å². The van der Waals surface area contributed by atoms with Crippen LogP contribution in [-0.2, 0) is 21.9 Å². The van der Waals surface area contributed by atoms with Gasteiger partial charge in [-0.25, -0.2) is 0 Å². The molecule has 0 saturated carbocycles. The lowest BCUT2D eigenvalue weighted by atomic mass is 10.1. The van der Waals surface area contributed by atoms with E-state index < -0.39 is 6.04 Å². The first-order chi connectivity index (χ1) is 13.8. The number of thioether (sulfide) groups is 1. The number of carbonyl (C=O) groups is 2. The molecule has 2 aromatic carbocycles. The first-order valence-corrected chi connectivity index (χ1v) is 11.4. The van der Waals surface area contributed by atoms with Gasteiger partial charge in [-0.2, -0.15) is 0 Å². The summed E-state index contributed by atoms with van der Waals surface area (Å²) in [5.74, 6) is 0.667. The Balaban J connectivity index is 2.14. The molecule has 1 N–H and O–H groups in total. The van der Waals surface area contributed by atoms with Crippen LogP contribution in [0.5, 0.6) is 0 Å². The number of rotatable bonds is 9. The van der Waals surface area contributed by atoms with Crippen molar-refractivity contribution < 1.29 is 9.59 Å². The monoisotopic (exact) mass is 452 g/mol. The van der Waals surface area contributed by atoms with Crippen LogP contribution in [0.15, 0.2) is 42.5 Å². The molecule has 0 unspecified atom stereocenters. The highest BCUT2D eigenvalue weighted by Gasteiger charge is 2.27. The Bertz CT molecular complexity index is 840. The van der Waals surface area contributed by atoms with Crippen molar-refractivity contribution in [2.75, 3.05) is 12.3 Å². The van der Waals surface area contributed by atoms with Crippen molar-refractivity contribution in [1.29, 1.82) is 0 Å². The maximum atomic E-state index is 13.0. The van der Waals surface area contributed by atoms with Gasteiger partial charge in [-0.15, -0.1) is 11.8 Å². The van der Waals surface area contributed by atoms with Gasteiger partial charge >= 0.3 is 0 Å². The predicted molar refractivity (Wildman–Crippen MR) is 122 cm³/mol. The van der Waals surface area contributed by atoms with Gasteiger partial charge in [0.1, 0.15) is 6.04 Å². The van der Waals surface area contributed by atoms with Gasteiger partial charge in [0.2, 0.25) is 11.8 Å². The second kappa shape index (κ2) is 11.5. The van der Waals surface area contributed by atoms with Crippen molar-refractivity contribution >= 4 is 46.8 Å². The minimum atomic E-state index is -0.631. The summed E-state index contributed by atoms with van der Waals surface area (Å²) in [5, 5.41) is 3.73. The Kier molecular flexibility index (Phi) is 9.34. The standard InChI is InChI=1S/C22H26Cl2N2O2S/c1-4-25-22(28)16(3)26(12-18-19(23)10-7-11-20(18)24)21(27)14-29-13-17-9-6-5-8-15(17)2/h5-11,16H,4,12-14H2,1-3H3,(H,25,28)/t16-/m0/s1. The minimum absolute atomic E-state index is 0.127. The zero-order valence-corrected chi connectivity index (χ0v) is 19.2. The summed E-state index contributed by atoms with van der Waals surface area (Å²) in [5.41, 5.74) is 3.04. The topological polar surface area (TPSA) is 49.4 Å². The molecule has 2 aromatic rings. The Morgan fingerprint density at radius 2 is 1.76 bits per heavy atom. The molecule has 0 fully saturated rings. The van der Waals surface area contributed by atoms with E-state index in [-0.39, 0.29) is 24.1 Å². The van der Waals surface area contributed by atoms with Crippen LogP contribution in [0, 0.1) is 6.92 Å². The van der Waals surface area contributed by atoms with Crippen LogP contribution in [0.1, 0.15) is 30.5 Å². The average molecular weight is 453 g/mol. The molecule has 0 radical (unpaired) electrons. The zero-order valence-electron chi connectivity index (χ0n) is 16.9. The van der Waals surface area contributed by atoms with Gasteiger partial charge in [-0.05, 0) is 44.0 Å². The summed E-state index contributed by atoms with van der Waals surface area (Å²) in [6.45, 7) is 6.31. The number of benzene rings is 2. The molecule has 0 aliphatic heterocycles. The molecule has 2 rings (SSSR count). The fourth-order valence-corrected chi connectivity index (χ4v) is 4.36. The summed E-state index contributed by atoms with van der Waals surface area (Å²) in [6.07, 6.45) is 0. The van der Waals surface area contributed by atoms with E-state index in [4.69, 9.17) is 23.2 Å². The number of amides is 2. The maximum absolute atomic E-state index is 13.0. The lowest BCUT2D eigenvalue weighted by Gasteiger charge is -2.29. The Hall–Kier alpha value is -1.69. The van der Waals surface area contributed by atoms with E-state index >= 15 is 0 Å². The van der Waals surface area contributed by atoms with Crippen LogP contribution in [0.25, 0.3) is 0 Å². The number of nitrogens with zero attached hydrogens (tertiary/aromatic N) is 1. The van der Waals surface area contributed by atoms with Gasteiger partial charge < -0.3 is 10.2 Å². The molecule has 0 spiro atoms. The molecule has 0 aromatic heterocycles. The van der Waals surface area contributed by atoms with Crippen molar-refractivity contribution in [3.8, 4) is 0 Å². The van der Waals surface area contributed by atoms with Crippen LogP contribution in [0.2, 0.25) is 10.0 Å². The van der Waals surface area contributed by atoms with Gasteiger partial charge in [0.05, 0.1) is 5.75 Å². The first kappa shape index (κ1) is 23.6. The quantitative estimate of drug-likeness (QED) is 0.576. The summed E-state index contributed by atoms with van der Waals surface area (Å²) in [4.78, 5) is 27.0. The largest absolute Gasteiger partial charge is 0.355 e. The SMILES string of the molecule is CCNC(=O)[C@H](C)N(Cc1c(Cl)cccc1Cl)C(=O)CSCc1ccccc1C. The number of aryl methyl sites for hydroxylation is 1. The third-order valence-electron chi connectivity index (χ3n) is 4.65. The van der Waals surface area contributed by atoms with Crippen LogP contribution in [-0.4, -0.2) is 35.1 Å². The van der Waals surface area contributed by atoms with Gasteiger partial charge in [-0.3, -0.25) is 9.59 Å². The highest BCUT2D eigenvalue weighted by atomic mass is 35.5. The number of nitrogens with one attached hydrogen (secondary N) is 1. The fraction of sp³-hybridized carbons (Fsp3) is 0.364. The molecule has 0 aliphatic carbocycles. The summed E-state index contributed by atoms with van der Waals surface area (Å²) in [7, 11) is 0. The van der Waals surface area contributed by atoms with Gasteiger partial charge in [0.15, 0.2) is 0 Å². The first-order valence-electron chi connectivity index (χ1n) is 9.47. The Morgan fingerprint density at radius 1 is 1.10 bits per heavy atom. The molecule has 1 atom stereocenters. The number of hydrogen-bond donors (Lipinski definition) is 1. The normalized spacial score (nSPS) is 11.8. The van der Waals surface area contributed by atoms with E-state index in [1.54, 1.807) is 30.0 Å². The summed E-state index contributed by atoms with van der Waals surface area (Å²) >= 11 is 14.1. The van der Waals surface area contributed by atoms with Crippen LogP contribution in [0.4, 0.5) is 0 Å². The van der Waals surface area contributed by atoms with Crippen molar-refractivity contribution in [2.24, 2.45) is 0 Å². The van der Waals surface area contributed by atoms with Crippen LogP contribution in [0.3, 0.4) is 0 Å². The molecule has 0 aliphatic rings. The number of carbonyl (C=O) groups excluding carboxylic acids is 2.